The Morgan fingerprint density at radius 3 is 2.57 bits per heavy atom. The highest BCUT2D eigenvalue weighted by atomic mass is 32.2. The molecule has 5 heteroatoms. The number of hydrogen-bond acceptors (Lipinski definition) is 3. The van der Waals surface area contributed by atoms with Gasteiger partial charge in [-0.3, -0.25) is 0 Å². The summed E-state index contributed by atoms with van der Waals surface area (Å²) < 4.78 is 27.7. The quantitative estimate of drug-likeness (QED) is 0.663. The van der Waals surface area contributed by atoms with Crippen LogP contribution in [0.4, 0.5) is 0 Å². The van der Waals surface area contributed by atoms with Crippen molar-refractivity contribution in [1.29, 1.82) is 0 Å². The van der Waals surface area contributed by atoms with E-state index in [0.29, 0.717) is 5.56 Å². The second-order valence-electron chi connectivity index (χ2n) is 5.34. The van der Waals surface area contributed by atoms with Crippen molar-refractivity contribution in [3.63, 3.8) is 0 Å². The van der Waals surface area contributed by atoms with Crippen molar-refractivity contribution in [2.75, 3.05) is 6.54 Å². The second-order valence-corrected chi connectivity index (χ2v) is 7.06. The molecule has 0 heterocycles. The summed E-state index contributed by atoms with van der Waals surface area (Å²) in [7, 11) is -3.47. The van der Waals surface area contributed by atoms with Crippen LogP contribution in [0.3, 0.4) is 0 Å². The Morgan fingerprint density at radius 1 is 1.19 bits per heavy atom. The molecule has 114 valence electrons. The van der Waals surface area contributed by atoms with E-state index in [4.69, 9.17) is 5.73 Å². The maximum absolute atomic E-state index is 12.5. The van der Waals surface area contributed by atoms with Crippen molar-refractivity contribution in [2.24, 2.45) is 5.73 Å². The molecule has 1 aromatic rings. The van der Waals surface area contributed by atoms with E-state index in [-0.39, 0.29) is 17.5 Å². The minimum atomic E-state index is -3.47. The minimum absolute atomic E-state index is 0.0521. The minimum Gasteiger partial charge on any atom is -0.320 e. The molecule has 1 saturated carbocycles. The predicted octanol–water partition coefficient (Wildman–Crippen LogP) is 2.00. The first kappa shape index (κ1) is 16.0. The van der Waals surface area contributed by atoms with E-state index < -0.39 is 10.0 Å². The highest BCUT2D eigenvalue weighted by Gasteiger charge is 2.21. The normalized spacial score (nSPS) is 16.8. The van der Waals surface area contributed by atoms with Crippen LogP contribution in [0.15, 0.2) is 29.2 Å². The molecule has 0 unspecified atom stereocenters. The zero-order valence-corrected chi connectivity index (χ0v) is 13.0. The lowest BCUT2D eigenvalue weighted by Crippen LogP contribution is -2.34. The molecule has 0 aromatic heterocycles. The Morgan fingerprint density at radius 2 is 1.90 bits per heavy atom. The van der Waals surface area contributed by atoms with Crippen LogP contribution >= 0.6 is 0 Å². The number of sulfonamides is 1. The average Bonchev–Trinajstić information content (AvgIpc) is 2.73. The zero-order chi connectivity index (χ0) is 15.1. The van der Waals surface area contributed by atoms with E-state index in [1.54, 1.807) is 24.3 Å². The van der Waals surface area contributed by atoms with Gasteiger partial charge in [-0.25, -0.2) is 13.1 Å². The maximum atomic E-state index is 12.5. The number of nitrogens with two attached hydrogens (primary N) is 1. The molecular weight excluding hydrogens is 284 g/mol. The molecule has 0 atom stereocenters. The summed E-state index contributed by atoms with van der Waals surface area (Å²) in [4.78, 5) is 0.274. The van der Waals surface area contributed by atoms with Crippen LogP contribution in [-0.4, -0.2) is 21.0 Å². The summed E-state index contributed by atoms with van der Waals surface area (Å²) in [5, 5.41) is 0. The Kier molecular flexibility index (Phi) is 5.80. The molecule has 0 bridgehead atoms. The molecule has 2 rings (SSSR count). The molecule has 4 nitrogen and oxygen atoms in total. The lowest BCUT2D eigenvalue weighted by atomic mass is 10.1. The van der Waals surface area contributed by atoms with E-state index in [2.05, 4.69) is 16.6 Å². The predicted molar refractivity (Wildman–Crippen MR) is 84.2 cm³/mol. The topological polar surface area (TPSA) is 72.2 Å². The van der Waals surface area contributed by atoms with Gasteiger partial charge in [-0.1, -0.05) is 43.6 Å². The highest BCUT2D eigenvalue weighted by Crippen LogP contribution is 2.20. The van der Waals surface area contributed by atoms with Crippen LogP contribution in [-0.2, 0) is 10.0 Å². The third-order valence-electron chi connectivity index (χ3n) is 3.66. The summed E-state index contributed by atoms with van der Waals surface area (Å²) >= 11 is 0. The summed E-state index contributed by atoms with van der Waals surface area (Å²) in [6.45, 7) is 0.261. The van der Waals surface area contributed by atoms with Crippen molar-refractivity contribution in [2.45, 2.75) is 49.5 Å². The summed E-state index contributed by atoms with van der Waals surface area (Å²) in [6, 6.07) is 6.75. The SMILES string of the molecule is NCC#Cc1cccc(S(=O)(=O)NC2CCCCCC2)c1. The van der Waals surface area contributed by atoms with E-state index in [1.165, 1.54) is 12.8 Å². The fourth-order valence-electron chi connectivity index (χ4n) is 2.58. The lowest BCUT2D eigenvalue weighted by molar-refractivity contribution is 0.510. The van der Waals surface area contributed by atoms with Gasteiger partial charge in [-0.15, -0.1) is 0 Å². The summed E-state index contributed by atoms with van der Waals surface area (Å²) in [6.07, 6.45) is 6.42. The van der Waals surface area contributed by atoms with E-state index in [1.807, 2.05) is 0 Å². The Bertz CT molecular complexity index is 621. The van der Waals surface area contributed by atoms with Crippen molar-refractivity contribution in [1.82, 2.24) is 4.72 Å². The van der Waals surface area contributed by atoms with Crippen molar-refractivity contribution in [3.05, 3.63) is 29.8 Å². The van der Waals surface area contributed by atoms with E-state index >= 15 is 0 Å². The van der Waals surface area contributed by atoms with Gasteiger partial charge < -0.3 is 5.73 Å². The largest absolute Gasteiger partial charge is 0.320 e. The van der Waals surface area contributed by atoms with Gasteiger partial charge in [0.15, 0.2) is 0 Å². The van der Waals surface area contributed by atoms with Crippen molar-refractivity contribution in [3.8, 4) is 11.8 Å². The molecular formula is C16H22N2O2S. The van der Waals surface area contributed by atoms with Crippen LogP contribution in [0, 0.1) is 11.8 Å². The molecule has 0 saturated heterocycles. The van der Waals surface area contributed by atoms with Crippen LogP contribution in [0.5, 0.6) is 0 Å². The van der Waals surface area contributed by atoms with Crippen molar-refractivity contribution >= 4 is 10.0 Å². The summed E-state index contributed by atoms with van der Waals surface area (Å²) in [5.41, 5.74) is 6.01. The first-order valence-electron chi connectivity index (χ1n) is 7.43. The Balaban J connectivity index is 2.14. The lowest BCUT2D eigenvalue weighted by Gasteiger charge is -2.16. The Hall–Kier alpha value is -1.35. The van der Waals surface area contributed by atoms with Gasteiger partial charge in [-0.2, -0.15) is 0 Å². The molecule has 1 aromatic carbocycles. The van der Waals surface area contributed by atoms with Gasteiger partial charge in [0, 0.05) is 11.6 Å². The summed E-state index contributed by atoms with van der Waals surface area (Å²) in [5.74, 6) is 5.60. The number of rotatable bonds is 3. The fourth-order valence-corrected chi connectivity index (χ4v) is 3.93. The van der Waals surface area contributed by atoms with Gasteiger partial charge in [0.05, 0.1) is 11.4 Å². The van der Waals surface area contributed by atoms with E-state index in [9.17, 15) is 8.42 Å². The number of benzene rings is 1. The molecule has 3 N–H and O–H groups in total. The highest BCUT2D eigenvalue weighted by molar-refractivity contribution is 7.89. The first-order chi connectivity index (χ1) is 10.1. The van der Waals surface area contributed by atoms with Crippen LogP contribution < -0.4 is 10.5 Å². The molecule has 0 spiro atoms. The molecule has 0 amide bonds. The van der Waals surface area contributed by atoms with Gasteiger partial charge >= 0.3 is 0 Å². The average molecular weight is 306 g/mol. The van der Waals surface area contributed by atoms with Gasteiger partial charge in [0.25, 0.3) is 0 Å². The van der Waals surface area contributed by atoms with Gasteiger partial charge in [0.2, 0.25) is 10.0 Å². The molecule has 0 aliphatic heterocycles. The van der Waals surface area contributed by atoms with Crippen molar-refractivity contribution < 1.29 is 8.42 Å². The standard InChI is InChI=1S/C16H22N2O2S/c17-12-6-8-14-7-5-11-16(13-14)21(19,20)18-15-9-3-1-2-4-10-15/h5,7,11,13,15,18H,1-4,9-10,12,17H2. The second kappa shape index (κ2) is 7.60. The molecule has 21 heavy (non-hydrogen) atoms. The van der Waals surface area contributed by atoms with Crippen LogP contribution in [0.2, 0.25) is 0 Å². The third kappa shape index (κ3) is 4.85. The number of nitrogens with one attached hydrogen (secondary N) is 1. The fraction of sp³-hybridized carbons (Fsp3) is 0.500. The molecule has 1 aliphatic carbocycles. The third-order valence-corrected chi connectivity index (χ3v) is 5.17. The zero-order valence-electron chi connectivity index (χ0n) is 12.1. The molecule has 1 fully saturated rings. The first-order valence-corrected chi connectivity index (χ1v) is 8.91. The van der Waals surface area contributed by atoms with Crippen LogP contribution in [0.1, 0.15) is 44.1 Å². The monoisotopic (exact) mass is 306 g/mol. The van der Waals surface area contributed by atoms with Crippen LogP contribution in [0.25, 0.3) is 0 Å². The van der Waals surface area contributed by atoms with Gasteiger partial charge in [-0.05, 0) is 31.0 Å². The number of hydrogen-bond donors (Lipinski definition) is 2. The van der Waals surface area contributed by atoms with E-state index in [0.717, 1.165) is 25.7 Å². The smallest absolute Gasteiger partial charge is 0.240 e. The molecule has 1 aliphatic rings. The van der Waals surface area contributed by atoms with Gasteiger partial charge in [0.1, 0.15) is 0 Å². The molecule has 0 radical (unpaired) electrons. The Labute approximate surface area is 127 Å². The maximum Gasteiger partial charge on any atom is 0.240 e.